The van der Waals surface area contributed by atoms with Crippen LogP contribution in [0.4, 0.5) is 0 Å². The Morgan fingerprint density at radius 3 is 1.86 bits per heavy atom. The monoisotopic (exact) mass is 580 g/mol. The Hall–Kier alpha value is -5.39. The van der Waals surface area contributed by atoms with Crippen molar-refractivity contribution in [3.8, 4) is 39.9 Å². The number of nitrogens with zero attached hydrogens (tertiary/aromatic N) is 4. The quantitative estimate of drug-likeness (QED) is 0.198. The summed E-state index contributed by atoms with van der Waals surface area (Å²) >= 11 is 0. The van der Waals surface area contributed by atoms with Gasteiger partial charge in [0.2, 0.25) is 5.95 Å². The molecule has 0 spiro atoms. The molecule has 1 aliphatic heterocycles. The minimum Gasteiger partial charge on any atom is -0.278 e. The lowest BCUT2D eigenvalue weighted by Gasteiger charge is -2.34. The lowest BCUT2D eigenvalue weighted by Crippen LogP contribution is -2.56. The summed E-state index contributed by atoms with van der Waals surface area (Å²) in [5.74, 6) is 1.97. The predicted molar refractivity (Wildman–Crippen MR) is 185 cm³/mol. The Labute approximate surface area is 256 Å². The molecular weight excluding hydrogens is 553 g/mol. The van der Waals surface area contributed by atoms with Gasteiger partial charge in [0, 0.05) is 21.9 Å². The molecule has 0 radical (unpaired) electrons. The number of hydrogen-bond acceptors (Lipinski definition) is 3. The molecule has 0 aliphatic carbocycles. The molecule has 0 saturated heterocycles. The standard InChI is InChI=1S/C39H28N4Si/c1-44(2)33-22-12-18-25-17-11-20-29(34(25)33)31-24-23-30-28-19-9-10-21-32(28)43(35(30)36(31)44)39-41-37(26-13-5-3-6-14-26)40-38(42-39)27-15-7-4-8-16-27/h3-24H,1-2H3. The van der Waals surface area contributed by atoms with Gasteiger partial charge >= 0.3 is 0 Å². The Bertz CT molecular complexity index is 2350. The van der Waals surface area contributed by atoms with Crippen molar-refractivity contribution in [1.29, 1.82) is 0 Å². The fraction of sp³-hybridized carbons (Fsp3) is 0.0513. The zero-order valence-corrected chi connectivity index (χ0v) is 25.5. The molecule has 0 saturated carbocycles. The molecule has 3 heterocycles. The summed E-state index contributed by atoms with van der Waals surface area (Å²) in [7, 11) is -2.20. The van der Waals surface area contributed by atoms with Gasteiger partial charge in [-0.15, -0.1) is 0 Å². The molecule has 8 aromatic rings. The summed E-state index contributed by atoms with van der Waals surface area (Å²) in [5, 5.41) is 8.06. The first kappa shape index (κ1) is 25.1. The van der Waals surface area contributed by atoms with Crippen molar-refractivity contribution in [2.24, 2.45) is 0 Å². The van der Waals surface area contributed by atoms with Crippen LogP contribution in [-0.2, 0) is 0 Å². The van der Waals surface area contributed by atoms with Crippen LogP contribution >= 0.6 is 0 Å². The van der Waals surface area contributed by atoms with E-state index in [2.05, 4.69) is 115 Å². The van der Waals surface area contributed by atoms with Crippen LogP contribution in [0.25, 0.3) is 72.4 Å². The average Bonchev–Trinajstić information content (AvgIpc) is 3.42. The van der Waals surface area contributed by atoms with Gasteiger partial charge in [0.1, 0.15) is 8.07 Å². The van der Waals surface area contributed by atoms with Crippen molar-refractivity contribution >= 4 is 51.0 Å². The molecule has 5 heteroatoms. The first-order valence-electron chi connectivity index (χ1n) is 15.1. The normalized spacial score (nSPS) is 13.4. The first-order chi connectivity index (χ1) is 21.6. The van der Waals surface area contributed by atoms with Gasteiger partial charge in [0.15, 0.2) is 11.6 Å². The van der Waals surface area contributed by atoms with Crippen LogP contribution in [-0.4, -0.2) is 27.6 Å². The molecule has 9 rings (SSSR count). The molecule has 6 aromatic carbocycles. The summed E-state index contributed by atoms with van der Waals surface area (Å²) in [5.41, 5.74) is 6.86. The third-order valence-electron chi connectivity index (χ3n) is 9.22. The molecular formula is C39H28N4Si. The third-order valence-corrected chi connectivity index (χ3v) is 12.7. The highest BCUT2D eigenvalue weighted by atomic mass is 28.3. The van der Waals surface area contributed by atoms with Crippen molar-refractivity contribution in [2.75, 3.05) is 0 Å². The van der Waals surface area contributed by atoms with Crippen molar-refractivity contribution < 1.29 is 0 Å². The largest absolute Gasteiger partial charge is 0.278 e. The van der Waals surface area contributed by atoms with E-state index in [-0.39, 0.29) is 0 Å². The van der Waals surface area contributed by atoms with E-state index < -0.39 is 8.07 Å². The molecule has 0 N–H and O–H groups in total. The fourth-order valence-electron chi connectivity index (χ4n) is 7.24. The molecule has 2 aromatic heterocycles. The Morgan fingerprint density at radius 2 is 1.16 bits per heavy atom. The number of para-hydroxylation sites is 1. The van der Waals surface area contributed by atoms with Gasteiger partial charge in [-0.25, -0.2) is 4.98 Å². The summed E-state index contributed by atoms with van der Waals surface area (Å²) in [6, 6.07) is 47.3. The van der Waals surface area contributed by atoms with Gasteiger partial charge in [-0.2, -0.15) is 9.97 Å². The highest BCUT2D eigenvalue weighted by molar-refractivity contribution is 7.04. The number of fused-ring (bicyclic) bond motifs is 6. The van der Waals surface area contributed by atoms with Crippen LogP contribution in [0.3, 0.4) is 0 Å². The van der Waals surface area contributed by atoms with E-state index in [0.717, 1.165) is 16.6 Å². The van der Waals surface area contributed by atoms with Gasteiger partial charge in [0.25, 0.3) is 0 Å². The average molecular weight is 581 g/mol. The molecule has 208 valence electrons. The molecule has 1 aliphatic rings. The van der Waals surface area contributed by atoms with E-state index in [0.29, 0.717) is 17.6 Å². The minimum absolute atomic E-state index is 0.638. The predicted octanol–water partition coefficient (Wildman–Crippen LogP) is 8.26. The second-order valence-electron chi connectivity index (χ2n) is 12.1. The summed E-state index contributed by atoms with van der Waals surface area (Å²) in [6.07, 6.45) is 0. The Balaban J connectivity index is 1.44. The van der Waals surface area contributed by atoms with E-state index in [1.165, 1.54) is 48.6 Å². The second kappa shape index (κ2) is 9.30. The highest BCUT2D eigenvalue weighted by Gasteiger charge is 2.38. The maximum atomic E-state index is 5.21. The van der Waals surface area contributed by atoms with E-state index in [1.54, 1.807) is 0 Å². The van der Waals surface area contributed by atoms with Crippen LogP contribution in [0.5, 0.6) is 0 Å². The maximum absolute atomic E-state index is 5.21. The van der Waals surface area contributed by atoms with E-state index >= 15 is 0 Å². The van der Waals surface area contributed by atoms with Gasteiger partial charge < -0.3 is 0 Å². The lowest BCUT2D eigenvalue weighted by molar-refractivity contribution is 0.954. The van der Waals surface area contributed by atoms with Crippen LogP contribution in [0.15, 0.2) is 133 Å². The zero-order valence-electron chi connectivity index (χ0n) is 24.5. The topological polar surface area (TPSA) is 43.6 Å². The molecule has 0 unspecified atom stereocenters. The van der Waals surface area contributed by atoms with Crippen LogP contribution < -0.4 is 10.4 Å². The van der Waals surface area contributed by atoms with Gasteiger partial charge in [-0.1, -0.05) is 140 Å². The van der Waals surface area contributed by atoms with Crippen LogP contribution in [0, 0.1) is 0 Å². The maximum Gasteiger partial charge on any atom is 0.238 e. The molecule has 0 amide bonds. The second-order valence-corrected chi connectivity index (χ2v) is 16.4. The van der Waals surface area contributed by atoms with E-state index in [9.17, 15) is 0 Å². The molecule has 0 bridgehead atoms. The Kier molecular flexibility index (Phi) is 5.31. The van der Waals surface area contributed by atoms with Crippen molar-refractivity contribution in [3.63, 3.8) is 0 Å². The van der Waals surface area contributed by atoms with Crippen molar-refractivity contribution in [3.05, 3.63) is 133 Å². The van der Waals surface area contributed by atoms with Crippen LogP contribution in [0.2, 0.25) is 13.1 Å². The zero-order chi connectivity index (χ0) is 29.4. The minimum atomic E-state index is -2.20. The number of aromatic nitrogens is 4. The number of hydrogen-bond donors (Lipinski definition) is 0. The van der Waals surface area contributed by atoms with E-state index in [4.69, 9.17) is 15.0 Å². The molecule has 0 atom stereocenters. The van der Waals surface area contributed by atoms with Gasteiger partial charge in [-0.3, -0.25) is 4.57 Å². The van der Waals surface area contributed by atoms with Gasteiger partial charge in [-0.05, 0) is 38.3 Å². The summed E-state index contributed by atoms with van der Waals surface area (Å²) in [6.45, 7) is 4.99. The summed E-state index contributed by atoms with van der Waals surface area (Å²) < 4.78 is 2.31. The number of rotatable bonds is 3. The van der Waals surface area contributed by atoms with Crippen molar-refractivity contribution in [1.82, 2.24) is 19.5 Å². The van der Waals surface area contributed by atoms with Crippen molar-refractivity contribution in [2.45, 2.75) is 13.1 Å². The SMILES string of the molecule is C[Si]1(C)c2cccc3cccc(c23)-c2ccc3c4ccccc4n(-c4nc(-c5ccccc5)nc(-c5ccccc5)n4)c3c21. The molecule has 4 nitrogen and oxygen atoms in total. The van der Waals surface area contributed by atoms with Gasteiger partial charge in [0.05, 0.1) is 11.0 Å². The Morgan fingerprint density at radius 1 is 0.523 bits per heavy atom. The highest BCUT2D eigenvalue weighted by Crippen LogP contribution is 2.39. The first-order valence-corrected chi connectivity index (χ1v) is 18.1. The third kappa shape index (κ3) is 3.53. The summed E-state index contributed by atoms with van der Waals surface area (Å²) in [4.78, 5) is 15.4. The van der Waals surface area contributed by atoms with Crippen LogP contribution in [0.1, 0.15) is 0 Å². The number of benzene rings is 6. The lowest BCUT2D eigenvalue weighted by atomic mass is 9.96. The smallest absolute Gasteiger partial charge is 0.238 e. The van der Waals surface area contributed by atoms with E-state index in [1.807, 2.05) is 36.4 Å². The molecule has 0 fully saturated rings. The molecule has 44 heavy (non-hydrogen) atoms. The fourth-order valence-corrected chi connectivity index (χ4v) is 10.7.